The Kier molecular flexibility index (Phi) is 52.1. The standard InChI is InChI=1S/C35H44N2O5S.C22H24O2.C21H23NO2.C18H22N.C14H20N.C9H18O4.C7H12.2ClH/c1-8-36-29-18-14-24(3)22-27(29)34(4,5)31(36)20-15-25(12-10-11-13-33(38)39)16-21-32-35(6,7)28-23-26(43(40,41)42)17-19-30(28)37(32)9-2;23-22(24)14-8-7-13-21(17-15-19-9-3-1-4-10-19)18-16-20-11-5-2-6-12-20;23-21(24)14-8-7-11-19(16-15-18-9-3-1-4-10-18)17-22-20-12-5-2-6-13-20;1-6-19-13(3)18(4,5)17-15-9-7-12(2)11-14(15)8-10-16(17)19;1-6-15-11(3)14(4,5)12-9-10(2)7-8-13(12)15;1-12-9(13-2)7-5-3-4-6-8(10)11;1-2-4-6-7-5-3-1;;/h14-23H,8-13H2,1-7H3,(H-,38,39,40,41,42);1-6,9-12,15,17-18H,7-8,13-14,16H2,(H,23,24);1-6,9-10,12-13,16-17H,7-8,11,14-15H2,(H,23,24);7-11H,6H2,1-5H3;7-9H,6H2,1-5H3;9H,3-7H2,1-2H3,(H,10,11);1-2H,3-7H2;2*1H/q;;;2*+1;;;;/b;17-15+,21-18+;19-16+,22-17?;;;;;;. The van der Waals surface area contributed by atoms with Gasteiger partial charge in [-0.2, -0.15) is 22.1 Å². The number of aryl methyl sites for hydroxylation is 3. The molecule has 4 heterocycles. The molecule has 4 aliphatic heterocycles. The minimum absolute atomic E-state index is 0. The van der Waals surface area contributed by atoms with E-state index in [4.69, 9.17) is 29.9 Å². The molecule has 0 fully saturated rings. The molecule has 147 heavy (non-hydrogen) atoms. The number of allylic oxidation sites excluding steroid dienone is 13. The molecular formula is C126H165Cl2N5O13S+2. The summed E-state index contributed by atoms with van der Waals surface area (Å²) in [4.78, 5) is 48.2. The highest BCUT2D eigenvalue weighted by Crippen LogP contribution is 2.49. The number of anilines is 1. The van der Waals surface area contributed by atoms with Crippen LogP contribution in [0.2, 0.25) is 0 Å². The number of aliphatic carboxylic acids is 4. The van der Waals surface area contributed by atoms with Crippen LogP contribution in [0.3, 0.4) is 0 Å². The number of rotatable bonds is 39. The van der Waals surface area contributed by atoms with Crippen molar-refractivity contribution in [2.24, 2.45) is 0 Å². The molecule has 0 saturated heterocycles. The third-order valence-corrected chi connectivity index (χ3v) is 29.0. The number of benzene rings is 9. The van der Waals surface area contributed by atoms with Gasteiger partial charge in [0.1, 0.15) is 19.6 Å². The summed E-state index contributed by atoms with van der Waals surface area (Å²) in [5, 5.41) is 37.8. The van der Waals surface area contributed by atoms with E-state index < -0.39 is 39.4 Å². The van der Waals surface area contributed by atoms with Gasteiger partial charge in [-0.3, -0.25) is 23.7 Å². The lowest BCUT2D eigenvalue weighted by atomic mass is 9.79. The van der Waals surface area contributed by atoms with Crippen LogP contribution in [-0.2, 0) is 73.3 Å². The van der Waals surface area contributed by atoms with E-state index in [1.54, 1.807) is 26.4 Å². The largest absolute Gasteiger partial charge is 1.00 e. The van der Waals surface area contributed by atoms with Crippen LogP contribution in [0.1, 0.15) is 294 Å². The molecule has 790 valence electrons. The first-order valence-electron chi connectivity index (χ1n) is 52.3. The fraction of sp³-hybridized carbons (Fsp3) is 0.413. The van der Waals surface area contributed by atoms with Crippen molar-refractivity contribution in [1.82, 2.24) is 0 Å². The number of fused-ring (bicyclic) bond motifs is 6. The summed E-state index contributed by atoms with van der Waals surface area (Å²) in [6.07, 6.45) is 43.8. The third-order valence-electron chi connectivity index (χ3n) is 28.1. The molecule has 0 saturated carbocycles. The summed E-state index contributed by atoms with van der Waals surface area (Å²) in [6.45, 7) is 41.3. The zero-order valence-corrected chi connectivity index (χ0v) is 93.1. The second-order valence-corrected chi connectivity index (χ2v) is 41.6. The molecule has 0 amide bonds. The molecule has 18 nitrogen and oxygen atoms in total. The van der Waals surface area contributed by atoms with E-state index in [9.17, 15) is 32.1 Å². The van der Waals surface area contributed by atoms with Crippen molar-refractivity contribution >= 4 is 103 Å². The number of para-hydroxylation sites is 1. The van der Waals surface area contributed by atoms with Crippen molar-refractivity contribution in [3.63, 3.8) is 0 Å². The van der Waals surface area contributed by atoms with Crippen LogP contribution in [0, 0.1) is 20.8 Å². The molecule has 9 aromatic rings. The van der Waals surface area contributed by atoms with E-state index in [0.717, 1.165) is 131 Å². The number of hydrogen-bond donors (Lipinski definition) is 6. The molecule has 6 N–H and O–H groups in total. The Morgan fingerprint density at radius 2 is 0.891 bits per heavy atom. The van der Waals surface area contributed by atoms with Crippen LogP contribution in [-0.4, -0.2) is 141 Å². The van der Waals surface area contributed by atoms with E-state index in [-0.39, 0.29) is 77.9 Å². The van der Waals surface area contributed by atoms with Crippen LogP contribution in [0.5, 0.6) is 0 Å². The first-order valence-corrected chi connectivity index (χ1v) is 53.7. The maximum absolute atomic E-state index is 11.9. The van der Waals surface area contributed by atoms with E-state index in [1.807, 2.05) is 79.0 Å². The van der Waals surface area contributed by atoms with Crippen LogP contribution in [0.25, 0.3) is 16.8 Å². The molecule has 5 aliphatic rings. The Morgan fingerprint density at radius 1 is 0.449 bits per heavy atom. The van der Waals surface area contributed by atoms with Crippen LogP contribution in [0.4, 0.5) is 28.4 Å². The molecule has 0 spiro atoms. The molecular weight excluding hydrogens is 1890 g/mol. The predicted molar refractivity (Wildman–Crippen MR) is 600 cm³/mol. The van der Waals surface area contributed by atoms with E-state index in [2.05, 4.69) is 317 Å². The Balaban J connectivity index is 0.000000277. The van der Waals surface area contributed by atoms with E-state index >= 15 is 0 Å². The number of nitrogens with zero attached hydrogens (tertiary/aromatic N) is 4. The van der Waals surface area contributed by atoms with E-state index in [0.29, 0.717) is 19.4 Å². The molecule has 0 unspecified atom stereocenters. The monoisotopic (exact) mass is 2060 g/mol. The summed E-state index contributed by atoms with van der Waals surface area (Å²) in [7, 11) is -1.12. The van der Waals surface area contributed by atoms with Gasteiger partial charge in [0, 0.05) is 136 Å². The lowest BCUT2D eigenvalue weighted by molar-refractivity contribution is -0.434. The second-order valence-electron chi connectivity index (χ2n) is 40.2. The normalized spacial score (nSPS) is 15.3. The van der Waals surface area contributed by atoms with Crippen molar-refractivity contribution in [3.05, 3.63) is 339 Å². The first kappa shape index (κ1) is 124. The summed E-state index contributed by atoms with van der Waals surface area (Å²) in [5.74, 6) is -2.96. The lowest BCUT2D eigenvalue weighted by Crippen LogP contribution is -3.00. The minimum atomic E-state index is -4.32. The number of carboxylic acids is 4. The van der Waals surface area contributed by atoms with Gasteiger partial charge in [-0.05, 0) is 281 Å². The molecule has 0 aromatic heterocycles. The molecule has 14 rings (SSSR count). The quantitative estimate of drug-likeness (QED) is 0.00399. The lowest BCUT2D eigenvalue weighted by Gasteiger charge is -2.26. The number of likely N-dealkylation sites (N-methyl/N-ethyl adjacent to an activating group) is 1. The number of carboxylic acid groups (broad SMARTS) is 4. The maximum atomic E-state index is 11.9. The highest BCUT2D eigenvalue weighted by atomic mass is 35.5. The fourth-order valence-electron chi connectivity index (χ4n) is 19.4. The van der Waals surface area contributed by atoms with Gasteiger partial charge >= 0.3 is 23.9 Å². The summed E-state index contributed by atoms with van der Waals surface area (Å²) in [6, 6.07) is 70.5. The number of methoxy groups -OCH3 is 2. The number of halogens is 2. The van der Waals surface area contributed by atoms with Crippen molar-refractivity contribution in [1.29, 1.82) is 0 Å². The van der Waals surface area contributed by atoms with Crippen molar-refractivity contribution < 1.29 is 106 Å². The number of hydrogen-bond acceptors (Lipinski definition) is 9. The highest BCUT2D eigenvalue weighted by molar-refractivity contribution is 7.85. The van der Waals surface area contributed by atoms with E-state index in [1.165, 1.54) is 144 Å². The Labute approximate surface area is 891 Å². The second kappa shape index (κ2) is 61.8. The molecule has 21 heteroatoms. The van der Waals surface area contributed by atoms with Gasteiger partial charge < -0.3 is 59.6 Å². The maximum Gasteiger partial charge on any atom is 0.303 e. The third kappa shape index (κ3) is 37.8. The van der Waals surface area contributed by atoms with Crippen LogP contribution >= 0.6 is 0 Å². The molecule has 0 atom stereocenters. The smallest absolute Gasteiger partial charge is 0.303 e. The van der Waals surface area contributed by atoms with Gasteiger partial charge in [-0.15, -0.1) is 0 Å². The van der Waals surface area contributed by atoms with Crippen LogP contribution in [0.15, 0.2) is 288 Å². The fourth-order valence-corrected chi connectivity index (χ4v) is 19.9. The minimum Gasteiger partial charge on any atom is -1.00 e. The topological polar surface area (TPSA) is 248 Å². The molecule has 9 aromatic carbocycles. The Morgan fingerprint density at radius 3 is 1.42 bits per heavy atom. The zero-order valence-electron chi connectivity index (χ0n) is 90.8. The summed E-state index contributed by atoms with van der Waals surface area (Å²) in [5.41, 5.74) is 27.1. The number of unbranched alkanes of at least 4 members (excludes halogenated alkanes) is 5. The molecule has 1 aliphatic carbocycles. The summed E-state index contributed by atoms with van der Waals surface area (Å²) >= 11 is 0. The number of ether oxygens (including phenoxy) is 2. The van der Waals surface area contributed by atoms with Crippen molar-refractivity contribution in [3.8, 4) is 0 Å². The molecule has 0 radical (unpaired) electrons. The van der Waals surface area contributed by atoms with Gasteiger partial charge in [0.15, 0.2) is 29.6 Å². The van der Waals surface area contributed by atoms with Crippen molar-refractivity contribution in [2.75, 3.05) is 45.3 Å². The Bertz CT molecular complexity index is 6130. The zero-order chi connectivity index (χ0) is 106. The van der Waals surface area contributed by atoms with Gasteiger partial charge in [0.05, 0.1) is 21.1 Å². The van der Waals surface area contributed by atoms with Gasteiger partial charge in [0.25, 0.3) is 10.1 Å². The SMILES string of the molecule is C1=CCCCCC1.CCN1/C(=C/C=C(/C=C/C2=[N+](CC)c3ccc(S(=O)(=O)O)cc3C2(C)C)CCCCC(=O)O)C(C)(C)c2cc(C)ccc21.CC[N+]1=C(C)C(C)(C)c2c1ccc1cc(C)ccc21.CC[N+]1=C(C)C(C)(C)c2cc(C)ccc21.COC(CCCCCC(=O)O)OC.O=C(O)CCCC/C(C=[NH+]c1ccccc1)=C\Cc1ccccc1.O=C(O)CCCCC(/C=C/c1ccccc1)=C\Cc1ccccc1.[Cl-].[Cl-]. The van der Waals surface area contributed by atoms with Gasteiger partial charge in [0.2, 0.25) is 22.7 Å². The number of nitrogens with one attached hydrogen (secondary N) is 1. The van der Waals surface area contributed by atoms with Gasteiger partial charge in [-0.1, -0.05) is 243 Å². The number of carbonyl (C=O) groups is 4. The first-order chi connectivity index (χ1) is 69.2. The average molecular weight is 2060 g/mol. The predicted octanol–water partition coefficient (Wildman–Crippen LogP) is 22.4. The van der Waals surface area contributed by atoms with Crippen molar-refractivity contribution in [2.45, 2.75) is 305 Å². The Hall–Kier alpha value is -11.8. The summed E-state index contributed by atoms with van der Waals surface area (Å²) < 4.78 is 50.5. The molecule has 0 bridgehead atoms. The van der Waals surface area contributed by atoms with Gasteiger partial charge in [-0.25, -0.2) is 4.99 Å². The average Bonchev–Trinajstić information content (AvgIpc) is 1.58. The highest BCUT2D eigenvalue weighted by Gasteiger charge is 2.47. The van der Waals surface area contributed by atoms with Crippen LogP contribution < -0.4 is 34.7 Å².